The van der Waals surface area contributed by atoms with Crippen LogP contribution in [0.25, 0.3) is 0 Å². The number of aromatic nitrogens is 2. The van der Waals surface area contributed by atoms with Gasteiger partial charge >= 0.3 is 6.01 Å². The molecule has 0 aliphatic carbocycles. The van der Waals surface area contributed by atoms with Crippen molar-refractivity contribution in [1.29, 1.82) is 0 Å². The van der Waals surface area contributed by atoms with Crippen molar-refractivity contribution in [3.63, 3.8) is 0 Å². The van der Waals surface area contributed by atoms with Gasteiger partial charge in [-0.15, -0.1) is 16.7 Å². The summed E-state index contributed by atoms with van der Waals surface area (Å²) in [5.74, 6) is 0.161. The third-order valence-corrected chi connectivity index (χ3v) is 1.96. The van der Waals surface area contributed by atoms with E-state index in [9.17, 15) is 8.78 Å². The number of anilines is 1. The molecule has 1 aromatic heterocycles. The molecule has 1 atom stereocenters. The number of aliphatic hydroxyl groups is 1. The molecule has 8 heteroatoms. The second-order valence-corrected chi connectivity index (χ2v) is 3.75. The molecule has 0 saturated heterocycles. The topological polar surface area (TPSA) is 62.4 Å². The second-order valence-electron chi connectivity index (χ2n) is 3.10. The van der Waals surface area contributed by atoms with E-state index in [2.05, 4.69) is 10.2 Å². The van der Waals surface area contributed by atoms with Crippen molar-refractivity contribution in [2.45, 2.75) is 18.7 Å². The van der Waals surface area contributed by atoms with Crippen LogP contribution in [0.1, 0.15) is 18.2 Å². The number of hydrogen-bond donors (Lipinski definition) is 1. The minimum absolute atomic E-state index is 0.00262. The van der Waals surface area contributed by atoms with Crippen LogP contribution in [0.15, 0.2) is 4.42 Å². The molecule has 0 radical (unpaired) electrons. The Labute approximate surface area is 96.0 Å². The normalized spacial score (nSPS) is 13.1. The van der Waals surface area contributed by atoms with Crippen molar-refractivity contribution < 1.29 is 18.3 Å². The summed E-state index contributed by atoms with van der Waals surface area (Å²) < 4.78 is 29.5. The highest BCUT2D eigenvalue weighted by molar-refractivity contribution is 6.20. The Kier molecular flexibility index (Phi) is 4.88. The van der Waals surface area contributed by atoms with Gasteiger partial charge in [-0.3, -0.25) is 0 Å². The van der Waals surface area contributed by atoms with Crippen LogP contribution in [0, 0.1) is 0 Å². The highest BCUT2D eigenvalue weighted by Crippen LogP contribution is 2.21. The van der Waals surface area contributed by atoms with Gasteiger partial charge in [0.15, 0.2) is 0 Å². The molecule has 0 aliphatic heterocycles. The van der Waals surface area contributed by atoms with Crippen LogP contribution in [0.2, 0.25) is 0 Å². The number of alkyl halides is 3. The third-order valence-electron chi connectivity index (χ3n) is 1.77. The van der Waals surface area contributed by atoms with E-state index >= 15 is 0 Å². The molecule has 0 bridgehead atoms. The number of hydrogen-bond acceptors (Lipinski definition) is 5. The van der Waals surface area contributed by atoms with E-state index in [0.717, 1.165) is 4.90 Å². The van der Waals surface area contributed by atoms with E-state index in [1.165, 1.54) is 0 Å². The smallest absolute Gasteiger partial charge is 0.318 e. The first-order chi connectivity index (χ1) is 7.54. The zero-order valence-corrected chi connectivity index (χ0v) is 9.36. The van der Waals surface area contributed by atoms with Crippen molar-refractivity contribution in [2.75, 3.05) is 24.6 Å². The lowest BCUT2D eigenvalue weighted by molar-refractivity contribution is 0.150. The Balaban J connectivity index is 2.75. The van der Waals surface area contributed by atoms with E-state index in [0.29, 0.717) is 0 Å². The molecule has 0 spiro atoms. The Morgan fingerprint density at radius 3 is 2.62 bits per heavy atom. The molecule has 0 aromatic carbocycles. The lowest BCUT2D eigenvalue weighted by Crippen LogP contribution is -2.31. The van der Waals surface area contributed by atoms with E-state index in [-0.39, 0.29) is 25.1 Å². The number of nitrogens with zero attached hydrogens (tertiary/aromatic N) is 3. The molecule has 1 aromatic rings. The van der Waals surface area contributed by atoms with Crippen molar-refractivity contribution in [1.82, 2.24) is 10.2 Å². The van der Waals surface area contributed by atoms with Gasteiger partial charge in [0, 0.05) is 6.54 Å². The van der Waals surface area contributed by atoms with Crippen molar-refractivity contribution in [3.05, 3.63) is 5.89 Å². The van der Waals surface area contributed by atoms with Crippen LogP contribution < -0.4 is 4.90 Å². The van der Waals surface area contributed by atoms with E-state index in [1.807, 2.05) is 0 Å². The number of aliphatic hydroxyl groups excluding tert-OH is 1. The summed E-state index contributed by atoms with van der Waals surface area (Å²) in [5.41, 5.74) is 0. The second kappa shape index (κ2) is 5.95. The molecular weight excluding hydrogens is 244 g/mol. The largest absolute Gasteiger partial charge is 0.406 e. The fourth-order valence-electron chi connectivity index (χ4n) is 1.07. The Hall–Kier alpha value is -0.950. The van der Waals surface area contributed by atoms with E-state index < -0.39 is 18.3 Å². The van der Waals surface area contributed by atoms with Crippen molar-refractivity contribution in [3.8, 4) is 0 Å². The van der Waals surface area contributed by atoms with Crippen LogP contribution in [-0.4, -0.2) is 41.4 Å². The Morgan fingerprint density at radius 2 is 2.19 bits per heavy atom. The van der Waals surface area contributed by atoms with Crippen LogP contribution in [-0.2, 0) is 0 Å². The Morgan fingerprint density at radius 1 is 1.50 bits per heavy atom. The van der Waals surface area contributed by atoms with E-state index in [1.54, 1.807) is 6.92 Å². The summed E-state index contributed by atoms with van der Waals surface area (Å²) in [6, 6.07) is -0.0585. The average Bonchev–Trinajstić information content (AvgIpc) is 2.65. The zero-order chi connectivity index (χ0) is 12.1. The van der Waals surface area contributed by atoms with Crippen LogP contribution in [0.5, 0.6) is 0 Å². The lowest BCUT2D eigenvalue weighted by Gasteiger charge is -2.17. The maximum Gasteiger partial charge on any atom is 0.318 e. The third kappa shape index (κ3) is 3.57. The highest BCUT2D eigenvalue weighted by atomic mass is 35.5. The molecule has 1 N–H and O–H groups in total. The van der Waals surface area contributed by atoms with Gasteiger partial charge in [0.2, 0.25) is 5.89 Å². The van der Waals surface area contributed by atoms with Gasteiger partial charge in [-0.1, -0.05) is 5.10 Å². The monoisotopic (exact) mass is 255 g/mol. The first-order valence-electron chi connectivity index (χ1n) is 4.66. The summed E-state index contributed by atoms with van der Waals surface area (Å²) in [5, 5.41) is 15.4. The first kappa shape index (κ1) is 13.1. The molecule has 5 nitrogen and oxygen atoms in total. The van der Waals surface area contributed by atoms with Crippen molar-refractivity contribution in [2.24, 2.45) is 0 Å². The van der Waals surface area contributed by atoms with Gasteiger partial charge in [0.05, 0.1) is 13.2 Å². The summed E-state index contributed by atoms with van der Waals surface area (Å²) in [6.45, 7) is 0.782. The molecule has 0 saturated carbocycles. The van der Waals surface area contributed by atoms with Gasteiger partial charge in [0.1, 0.15) is 5.38 Å². The first-order valence-corrected chi connectivity index (χ1v) is 5.09. The lowest BCUT2D eigenvalue weighted by atomic mass is 10.5. The predicted molar refractivity (Wildman–Crippen MR) is 53.9 cm³/mol. The van der Waals surface area contributed by atoms with Crippen LogP contribution in [0.3, 0.4) is 0 Å². The van der Waals surface area contributed by atoms with Gasteiger partial charge < -0.3 is 14.4 Å². The molecule has 92 valence electrons. The molecule has 0 aliphatic rings. The quantitative estimate of drug-likeness (QED) is 0.779. The molecule has 1 unspecified atom stereocenters. The summed E-state index contributed by atoms with van der Waals surface area (Å²) in [4.78, 5) is 1.11. The summed E-state index contributed by atoms with van der Waals surface area (Å²) in [6.07, 6.45) is -2.55. The standard InChI is InChI=1S/C8H12ClF2N3O2/c1-5(9)7-12-13-8(16-7)14(2-3-15)4-6(10)11/h5-6,15H,2-4H2,1H3. The van der Waals surface area contributed by atoms with Crippen LogP contribution in [0.4, 0.5) is 14.8 Å². The summed E-state index contributed by atoms with van der Waals surface area (Å²) in [7, 11) is 0. The SMILES string of the molecule is CC(Cl)c1nnc(N(CCO)CC(F)F)o1. The molecule has 0 amide bonds. The van der Waals surface area contributed by atoms with Gasteiger partial charge in [-0.05, 0) is 6.92 Å². The van der Waals surface area contributed by atoms with Gasteiger partial charge in [0.25, 0.3) is 6.43 Å². The van der Waals surface area contributed by atoms with Crippen LogP contribution >= 0.6 is 11.6 Å². The zero-order valence-electron chi connectivity index (χ0n) is 8.61. The molecule has 0 fully saturated rings. The van der Waals surface area contributed by atoms with Gasteiger partial charge in [-0.25, -0.2) is 8.78 Å². The summed E-state index contributed by atoms with van der Waals surface area (Å²) >= 11 is 5.69. The van der Waals surface area contributed by atoms with Gasteiger partial charge in [-0.2, -0.15) is 0 Å². The molecule has 16 heavy (non-hydrogen) atoms. The number of rotatable bonds is 6. The van der Waals surface area contributed by atoms with E-state index in [4.69, 9.17) is 21.1 Å². The van der Waals surface area contributed by atoms with Crippen molar-refractivity contribution >= 4 is 17.6 Å². The minimum Gasteiger partial charge on any atom is -0.406 e. The Bertz CT molecular complexity index is 322. The maximum atomic E-state index is 12.2. The highest BCUT2D eigenvalue weighted by Gasteiger charge is 2.19. The fraction of sp³-hybridized carbons (Fsp3) is 0.750. The molecular formula is C8H12ClF2N3O2. The average molecular weight is 256 g/mol. The fourth-order valence-corrected chi connectivity index (χ4v) is 1.16. The molecule has 1 rings (SSSR count). The maximum absolute atomic E-state index is 12.2. The predicted octanol–water partition coefficient (Wildman–Crippen LogP) is 1.43. The molecule has 1 heterocycles. The minimum atomic E-state index is -2.55. The number of halogens is 3.